The molecule has 0 N–H and O–H groups in total. The molecule has 0 aromatic heterocycles. The molecule has 29 heavy (non-hydrogen) atoms. The van der Waals surface area contributed by atoms with E-state index in [4.69, 9.17) is 4.74 Å². The van der Waals surface area contributed by atoms with Crippen LogP contribution >= 0.6 is 0 Å². The van der Waals surface area contributed by atoms with E-state index in [-0.39, 0.29) is 5.78 Å². The number of hydrogen-bond donors (Lipinski definition) is 0. The second-order valence-corrected chi connectivity index (χ2v) is 8.60. The highest BCUT2D eigenvalue weighted by molar-refractivity contribution is 5.98. The lowest BCUT2D eigenvalue weighted by Crippen LogP contribution is -2.48. The van der Waals surface area contributed by atoms with Crippen molar-refractivity contribution in [2.24, 2.45) is 0 Å². The highest BCUT2D eigenvalue weighted by atomic mass is 16.5. The number of carbonyl (C=O) groups is 1. The van der Waals surface area contributed by atoms with Gasteiger partial charge in [0.05, 0.1) is 12.2 Å². The third kappa shape index (κ3) is 4.04. The summed E-state index contributed by atoms with van der Waals surface area (Å²) in [5.74, 6) is 1.80. The summed E-state index contributed by atoms with van der Waals surface area (Å²) in [7, 11) is 0. The quantitative estimate of drug-likeness (QED) is 0.506. The van der Waals surface area contributed by atoms with Gasteiger partial charge in [-0.1, -0.05) is 42.5 Å². The average Bonchev–Trinajstić information content (AvgIpc) is 3.04. The molecule has 2 atom stereocenters. The third-order valence-electron chi connectivity index (χ3n) is 6.38. The van der Waals surface area contributed by atoms with E-state index in [0.29, 0.717) is 18.4 Å². The molecule has 3 aliphatic heterocycles. The van der Waals surface area contributed by atoms with Gasteiger partial charge in [0.2, 0.25) is 0 Å². The van der Waals surface area contributed by atoms with Crippen LogP contribution < -0.4 is 9.64 Å². The number of Topliss-reactive ketones (excluding diaryl/α,β-unsaturated/α-hetero) is 1. The molecule has 0 saturated carbocycles. The van der Waals surface area contributed by atoms with Crippen LogP contribution in [0.1, 0.15) is 44.6 Å². The van der Waals surface area contributed by atoms with Gasteiger partial charge in [0.1, 0.15) is 12.4 Å². The van der Waals surface area contributed by atoms with Gasteiger partial charge in [-0.25, -0.2) is 0 Å². The number of allylic oxidation sites excluding steroid dienone is 5. The Bertz CT molecular complexity index is 850. The zero-order chi connectivity index (χ0) is 20.4. The molecule has 4 rings (SSSR count). The van der Waals surface area contributed by atoms with Crippen LogP contribution in [0, 0.1) is 0 Å². The van der Waals surface area contributed by atoms with E-state index in [2.05, 4.69) is 34.6 Å². The van der Waals surface area contributed by atoms with E-state index in [9.17, 15) is 4.79 Å². The Morgan fingerprint density at radius 3 is 2.93 bits per heavy atom. The minimum atomic E-state index is 0.192. The molecule has 0 bridgehead atoms. The zero-order valence-corrected chi connectivity index (χ0v) is 17.7. The molecule has 0 radical (unpaired) electrons. The minimum Gasteiger partial charge on any atom is -0.490 e. The molecule has 0 aliphatic carbocycles. The predicted octanol–water partition coefficient (Wildman–Crippen LogP) is 4.48. The van der Waals surface area contributed by atoms with Crippen LogP contribution in [0.3, 0.4) is 0 Å². The topological polar surface area (TPSA) is 32.8 Å². The smallest absolute Gasteiger partial charge is 0.162 e. The third-order valence-corrected chi connectivity index (χ3v) is 6.38. The van der Waals surface area contributed by atoms with Crippen molar-refractivity contribution in [3.63, 3.8) is 0 Å². The van der Waals surface area contributed by atoms with Crippen molar-refractivity contribution in [2.45, 2.75) is 45.1 Å². The van der Waals surface area contributed by atoms with E-state index in [1.165, 1.54) is 23.2 Å². The van der Waals surface area contributed by atoms with Crippen molar-refractivity contribution < 1.29 is 9.53 Å². The molecule has 4 nitrogen and oxygen atoms in total. The van der Waals surface area contributed by atoms with Crippen molar-refractivity contribution in [3.05, 3.63) is 59.7 Å². The van der Waals surface area contributed by atoms with Gasteiger partial charge < -0.3 is 14.5 Å². The number of piperidine rings is 1. The largest absolute Gasteiger partial charge is 0.490 e. The first-order valence-electron chi connectivity index (χ1n) is 10.8. The van der Waals surface area contributed by atoms with Crippen molar-refractivity contribution in [1.82, 2.24) is 4.90 Å². The Morgan fingerprint density at radius 2 is 2.14 bits per heavy atom. The molecule has 1 aromatic carbocycles. The van der Waals surface area contributed by atoms with Crippen LogP contribution in [0.25, 0.3) is 0 Å². The lowest BCUT2D eigenvalue weighted by molar-refractivity contribution is -0.115. The number of para-hydroxylation sites is 1. The number of likely N-dealkylation sites (tertiary alicyclic amines) is 1. The van der Waals surface area contributed by atoms with Crippen molar-refractivity contribution in [1.29, 1.82) is 0 Å². The lowest BCUT2D eigenvalue weighted by atomic mass is 9.89. The van der Waals surface area contributed by atoms with Crippen LogP contribution in [-0.4, -0.2) is 49.5 Å². The van der Waals surface area contributed by atoms with Gasteiger partial charge in [0.25, 0.3) is 0 Å². The normalized spacial score (nSPS) is 23.1. The summed E-state index contributed by atoms with van der Waals surface area (Å²) in [5, 5.41) is 0. The highest BCUT2D eigenvalue weighted by Gasteiger charge is 2.44. The fraction of sp³-hybridized carbons (Fsp3) is 0.480. The highest BCUT2D eigenvalue weighted by Crippen LogP contribution is 2.50. The van der Waals surface area contributed by atoms with Crippen LogP contribution in [-0.2, 0) is 4.79 Å². The zero-order valence-electron chi connectivity index (χ0n) is 17.7. The molecule has 4 heteroatoms. The summed E-state index contributed by atoms with van der Waals surface area (Å²) in [6.07, 6.45) is 8.22. The number of anilines is 1. The standard InChI is InChI=1S/C25H32N2O2/c1-4-19(11-10-18(2)3)23(28)8-6-13-26-14-12-22-21(17-26)20-7-5-9-24-25(20)27(22)15-16-29-24/h4-5,7,9-11,21-22H,1,6,8,12-17H2,2-3H3/b19-11+/t21-,22?/m0/s1. The number of ketones is 1. The first-order valence-corrected chi connectivity index (χ1v) is 10.8. The lowest BCUT2D eigenvalue weighted by Gasteiger charge is -2.40. The SMILES string of the molecule is C=C/C(=C\C=C(C)C)C(=O)CCCN1CCC2[C@@H](C1)c1cccc3c1N2CCO3. The van der Waals surface area contributed by atoms with Gasteiger partial charge in [0.15, 0.2) is 5.78 Å². The Labute approximate surface area is 174 Å². The van der Waals surface area contributed by atoms with E-state index in [1.807, 2.05) is 26.0 Å². The molecular weight excluding hydrogens is 360 g/mol. The average molecular weight is 393 g/mol. The van der Waals surface area contributed by atoms with Gasteiger partial charge in [0, 0.05) is 37.0 Å². The molecule has 3 aliphatic rings. The molecule has 0 amide bonds. The number of carbonyl (C=O) groups excluding carboxylic acids is 1. The van der Waals surface area contributed by atoms with Crippen LogP contribution in [0.2, 0.25) is 0 Å². The van der Waals surface area contributed by atoms with Crippen molar-refractivity contribution in [3.8, 4) is 5.75 Å². The van der Waals surface area contributed by atoms with E-state index < -0.39 is 0 Å². The monoisotopic (exact) mass is 392 g/mol. The van der Waals surface area contributed by atoms with Gasteiger partial charge in [-0.2, -0.15) is 0 Å². The van der Waals surface area contributed by atoms with E-state index in [1.54, 1.807) is 6.08 Å². The Hall–Kier alpha value is -2.33. The summed E-state index contributed by atoms with van der Waals surface area (Å²) >= 11 is 0. The number of fused-ring (bicyclic) bond motifs is 3. The molecule has 1 aromatic rings. The Balaban J connectivity index is 1.35. The number of hydrogen-bond acceptors (Lipinski definition) is 4. The van der Waals surface area contributed by atoms with Gasteiger partial charge >= 0.3 is 0 Å². The molecular formula is C25H32N2O2. The first-order chi connectivity index (χ1) is 14.1. The molecule has 0 spiro atoms. The number of benzene rings is 1. The van der Waals surface area contributed by atoms with Crippen LogP contribution in [0.15, 0.2) is 54.2 Å². The second-order valence-electron chi connectivity index (χ2n) is 8.60. The second kappa shape index (κ2) is 8.58. The maximum atomic E-state index is 12.5. The summed E-state index contributed by atoms with van der Waals surface area (Å²) < 4.78 is 5.90. The minimum absolute atomic E-state index is 0.192. The number of ether oxygens (including phenoxy) is 1. The maximum absolute atomic E-state index is 12.5. The molecule has 1 saturated heterocycles. The van der Waals surface area contributed by atoms with Crippen molar-refractivity contribution >= 4 is 11.5 Å². The van der Waals surface area contributed by atoms with E-state index >= 15 is 0 Å². The number of rotatable bonds is 7. The van der Waals surface area contributed by atoms with Crippen LogP contribution in [0.5, 0.6) is 5.75 Å². The van der Waals surface area contributed by atoms with Gasteiger partial charge in [-0.15, -0.1) is 0 Å². The first kappa shape index (κ1) is 20.0. The fourth-order valence-corrected chi connectivity index (χ4v) is 4.99. The molecule has 1 fully saturated rings. The molecule has 1 unspecified atom stereocenters. The molecule has 3 heterocycles. The summed E-state index contributed by atoms with van der Waals surface area (Å²) in [5.41, 5.74) is 4.69. The predicted molar refractivity (Wildman–Crippen MR) is 119 cm³/mol. The van der Waals surface area contributed by atoms with Crippen molar-refractivity contribution in [2.75, 3.05) is 37.7 Å². The Kier molecular flexibility index (Phi) is 5.91. The summed E-state index contributed by atoms with van der Waals surface area (Å²) in [6.45, 7) is 12.8. The van der Waals surface area contributed by atoms with Crippen LogP contribution in [0.4, 0.5) is 5.69 Å². The fourth-order valence-electron chi connectivity index (χ4n) is 4.99. The summed E-state index contributed by atoms with van der Waals surface area (Å²) in [4.78, 5) is 17.6. The number of nitrogens with zero attached hydrogens (tertiary/aromatic N) is 2. The Morgan fingerprint density at radius 1 is 1.28 bits per heavy atom. The van der Waals surface area contributed by atoms with Gasteiger partial charge in [-0.3, -0.25) is 4.79 Å². The van der Waals surface area contributed by atoms with Gasteiger partial charge in [-0.05, 0) is 44.9 Å². The molecule has 154 valence electrons. The maximum Gasteiger partial charge on any atom is 0.162 e. The summed E-state index contributed by atoms with van der Waals surface area (Å²) in [6, 6.07) is 7.12. The van der Waals surface area contributed by atoms with E-state index in [0.717, 1.165) is 50.5 Å².